The quantitative estimate of drug-likeness (QED) is 0.288. The Bertz CT molecular complexity index is 997. The van der Waals surface area contributed by atoms with Gasteiger partial charge in [0.1, 0.15) is 11.9 Å². The molecule has 0 amide bonds. The van der Waals surface area contributed by atoms with Crippen molar-refractivity contribution < 1.29 is 23.5 Å². The third-order valence-electron chi connectivity index (χ3n) is 5.34. The molecule has 6 heteroatoms. The Morgan fingerprint density at radius 1 is 0.938 bits per heavy atom. The summed E-state index contributed by atoms with van der Waals surface area (Å²) in [6, 6.07) is 13.1. The van der Waals surface area contributed by atoms with Crippen LogP contribution in [0.1, 0.15) is 63.8 Å². The number of hydrogen-bond acceptors (Lipinski definition) is 5. The van der Waals surface area contributed by atoms with Crippen LogP contribution in [-0.4, -0.2) is 31.3 Å². The number of phenolic OH excluding ortho intramolecular Hbond substituents is 1. The van der Waals surface area contributed by atoms with Crippen LogP contribution in [0.25, 0.3) is 11.6 Å². The highest BCUT2D eigenvalue weighted by molar-refractivity contribution is 7.55. The highest BCUT2D eigenvalue weighted by Crippen LogP contribution is 2.47. The van der Waals surface area contributed by atoms with E-state index >= 15 is 0 Å². The topological polar surface area (TPSA) is 72.8 Å². The molecule has 1 N–H and O–H groups in total. The van der Waals surface area contributed by atoms with E-state index in [1.165, 1.54) is 14.2 Å². The molecule has 0 unspecified atom stereocenters. The van der Waals surface area contributed by atoms with Crippen molar-refractivity contribution in [2.75, 3.05) is 20.4 Å². The predicted molar refractivity (Wildman–Crippen MR) is 131 cm³/mol. The minimum Gasteiger partial charge on any atom is -0.507 e. The molecule has 174 valence electrons. The first-order chi connectivity index (χ1) is 14.7. The summed E-state index contributed by atoms with van der Waals surface area (Å²) in [6.45, 7) is 12.2. The molecule has 0 spiro atoms. The Morgan fingerprint density at radius 2 is 1.41 bits per heavy atom. The Hall–Kier alpha value is -2.20. The Morgan fingerprint density at radius 3 is 1.81 bits per heavy atom. The van der Waals surface area contributed by atoms with Crippen LogP contribution in [-0.2, 0) is 29.2 Å². The Kier molecular flexibility index (Phi) is 7.93. The maximum Gasteiger partial charge on any atom is 0.337 e. The molecule has 0 saturated heterocycles. The van der Waals surface area contributed by atoms with E-state index in [1.807, 2.05) is 84.0 Å². The van der Waals surface area contributed by atoms with Gasteiger partial charge in [0.05, 0.1) is 0 Å². The molecular weight excluding hydrogens is 423 g/mol. The van der Waals surface area contributed by atoms with Gasteiger partial charge in [0, 0.05) is 30.9 Å². The number of rotatable bonds is 7. The summed E-state index contributed by atoms with van der Waals surface area (Å²) in [5.41, 5.74) is 2.91. The summed E-state index contributed by atoms with van der Waals surface area (Å²) in [7, 11) is -0.982. The van der Waals surface area contributed by atoms with E-state index in [0.29, 0.717) is 11.1 Å². The van der Waals surface area contributed by atoms with Crippen molar-refractivity contribution in [1.29, 1.82) is 0 Å². The van der Waals surface area contributed by atoms with E-state index in [2.05, 4.69) is 0 Å². The average Bonchev–Trinajstić information content (AvgIpc) is 2.71. The van der Waals surface area contributed by atoms with Crippen LogP contribution < -0.4 is 0 Å². The van der Waals surface area contributed by atoms with Crippen LogP contribution in [0.15, 0.2) is 42.5 Å². The minimum absolute atomic E-state index is 0.276. The first kappa shape index (κ1) is 26.1. The molecule has 0 aliphatic heterocycles. The molecule has 0 aliphatic rings. The molecule has 5 nitrogen and oxygen atoms in total. The van der Waals surface area contributed by atoms with Crippen molar-refractivity contribution in [1.82, 2.24) is 0 Å². The second-order valence-corrected chi connectivity index (χ2v) is 12.2. The van der Waals surface area contributed by atoms with Gasteiger partial charge in [-0.1, -0.05) is 71.9 Å². The van der Waals surface area contributed by atoms with Crippen LogP contribution in [0, 0.1) is 0 Å². The molecule has 0 saturated carbocycles. The van der Waals surface area contributed by atoms with Gasteiger partial charge in [0.25, 0.3) is 0 Å². The summed E-state index contributed by atoms with van der Waals surface area (Å²) >= 11 is 0. The fraction of sp³-hybridized carbons (Fsp3) is 0.423. The third-order valence-corrected chi connectivity index (χ3v) is 7.13. The molecule has 2 rings (SSSR count). The number of aromatic hydroxyl groups is 1. The molecular formula is C26H35O5P. The number of ketones is 1. The average molecular weight is 459 g/mol. The molecule has 2 aromatic rings. The third kappa shape index (κ3) is 6.19. The van der Waals surface area contributed by atoms with Crippen molar-refractivity contribution in [2.45, 2.75) is 52.4 Å². The zero-order valence-corrected chi connectivity index (χ0v) is 21.2. The zero-order valence-electron chi connectivity index (χ0n) is 20.4. The number of carbonyl (C=O) groups excluding carboxylic acids is 1. The second kappa shape index (κ2) is 9.74. The zero-order chi connectivity index (χ0) is 24.3. The maximum atomic E-state index is 13.3. The summed E-state index contributed by atoms with van der Waals surface area (Å²) in [6.07, 6.45) is 1.42. The largest absolute Gasteiger partial charge is 0.507 e. The Balaban J connectivity index is 2.75. The van der Waals surface area contributed by atoms with Gasteiger partial charge in [-0.2, -0.15) is 0 Å². The predicted octanol–water partition coefficient (Wildman–Crippen LogP) is 6.58. The number of carbonyl (C=O) groups is 1. The van der Waals surface area contributed by atoms with Crippen molar-refractivity contribution in [3.05, 3.63) is 64.7 Å². The van der Waals surface area contributed by atoms with E-state index in [1.54, 1.807) is 6.08 Å². The van der Waals surface area contributed by atoms with Gasteiger partial charge in [-0.15, -0.1) is 0 Å². The fourth-order valence-corrected chi connectivity index (χ4v) is 4.39. The fourth-order valence-electron chi connectivity index (χ4n) is 3.46. The van der Waals surface area contributed by atoms with Gasteiger partial charge in [-0.05, 0) is 40.2 Å². The molecule has 0 fully saturated rings. The minimum atomic E-state index is -3.53. The molecule has 0 aromatic heterocycles. The molecule has 32 heavy (non-hydrogen) atoms. The monoisotopic (exact) mass is 458 g/mol. The van der Waals surface area contributed by atoms with Gasteiger partial charge in [-0.3, -0.25) is 9.36 Å². The standard InChI is InChI=1S/C26H35O5P/c1-25(2,3)21-15-18(16-22(24(21)28)26(4,5)6)14-20(19-12-10-9-11-13-19)23(27)17-32(29,30-7)31-8/h9-16,28H,17H2,1-8H3/b20-14+. The molecule has 0 bridgehead atoms. The number of allylic oxidation sites excluding steroid dienone is 1. The lowest BCUT2D eigenvalue weighted by molar-refractivity contribution is -0.111. The van der Waals surface area contributed by atoms with Gasteiger partial charge < -0.3 is 14.2 Å². The summed E-state index contributed by atoms with van der Waals surface area (Å²) in [4.78, 5) is 13.3. The number of Topliss-reactive ketones (excluding diaryl/α,β-unsaturated/α-hetero) is 1. The highest BCUT2D eigenvalue weighted by atomic mass is 31.2. The second-order valence-electron chi connectivity index (χ2n) is 9.95. The summed E-state index contributed by atoms with van der Waals surface area (Å²) in [5, 5.41) is 11.0. The lowest BCUT2D eigenvalue weighted by Gasteiger charge is -2.28. The molecule has 0 aliphatic carbocycles. The van der Waals surface area contributed by atoms with Crippen LogP contribution in [0.2, 0.25) is 0 Å². The normalized spacial score (nSPS) is 13.3. The van der Waals surface area contributed by atoms with E-state index < -0.39 is 7.60 Å². The van der Waals surface area contributed by atoms with Crippen molar-refractivity contribution in [2.24, 2.45) is 0 Å². The number of phenols is 1. The lowest BCUT2D eigenvalue weighted by Crippen LogP contribution is -2.17. The molecule has 0 heterocycles. The molecule has 0 radical (unpaired) electrons. The Labute approximate surface area is 192 Å². The van der Waals surface area contributed by atoms with Gasteiger partial charge >= 0.3 is 7.60 Å². The van der Waals surface area contributed by atoms with Crippen LogP contribution >= 0.6 is 7.60 Å². The lowest BCUT2D eigenvalue weighted by atomic mass is 9.78. The summed E-state index contributed by atoms with van der Waals surface area (Å²) in [5.74, 6) is -0.0658. The molecule has 0 atom stereocenters. The SMILES string of the molecule is COP(=O)(CC(=O)/C(=C/c1cc(C(C)(C)C)c(O)c(C(C)(C)C)c1)c1ccccc1)OC. The van der Waals surface area contributed by atoms with E-state index in [9.17, 15) is 14.5 Å². The maximum absolute atomic E-state index is 13.3. The van der Waals surface area contributed by atoms with Crippen molar-refractivity contribution >= 4 is 25.0 Å². The van der Waals surface area contributed by atoms with Gasteiger partial charge in [0.15, 0.2) is 5.78 Å². The van der Waals surface area contributed by atoms with E-state index in [0.717, 1.165) is 16.7 Å². The van der Waals surface area contributed by atoms with Crippen LogP contribution in [0.3, 0.4) is 0 Å². The first-order valence-electron chi connectivity index (χ1n) is 10.6. The van der Waals surface area contributed by atoms with E-state index in [-0.39, 0.29) is 28.5 Å². The highest BCUT2D eigenvalue weighted by Gasteiger charge is 2.29. The number of hydrogen-bond donors (Lipinski definition) is 1. The smallest absolute Gasteiger partial charge is 0.337 e. The van der Waals surface area contributed by atoms with E-state index in [4.69, 9.17) is 9.05 Å². The first-order valence-corrected chi connectivity index (χ1v) is 12.3. The number of benzene rings is 2. The van der Waals surface area contributed by atoms with Crippen molar-refractivity contribution in [3.63, 3.8) is 0 Å². The molecule has 2 aromatic carbocycles. The summed E-state index contributed by atoms with van der Waals surface area (Å²) < 4.78 is 22.6. The van der Waals surface area contributed by atoms with Crippen LogP contribution in [0.4, 0.5) is 0 Å². The van der Waals surface area contributed by atoms with Gasteiger partial charge in [-0.25, -0.2) is 0 Å². The van der Waals surface area contributed by atoms with Crippen LogP contribution in [0.5, 0.6) is 5.75 Å². The van der Waals surface area contributed by atoms with Gasteiger partial charge in [0.2, 0.25) is 0 Å². The van der Waals surface area contributed by atoms with Crippen molar-refractivity contribution in [3.8, 4) is 5.75 Å².